The maximum atomic E-state index is 6.87. The third-order valence-corrected chi connectivity index (χ3v) is 43.5. The summed E-state index contributed by atoms with van der Waals surface area (Å²) in [6.45, 7) is 6.39. The molecule has 0 saturated carbocycles. The second-order valence-corrected chi connectivity index (χ2v) is 51.7. The normalized spacial score (nSPS) is 14.0. The molecule has 10 aliphatic heterocycles. The van der Waals surface area contributed by atoms with Crippen molar-refractivity contribution < 1.29 is 56.8 Å². The van der Waals surface area contributed by atoms with Crippen molar-refractivity contribution in [3.8, 4) is 149 Å². The summed E-state index contributed by atoms with van der Waals surface area (Å²) in [5.41, 5.74) is 12.5. The smallest absolute Gasteiger partial charge is 0.260 e. The van der Waals surface area contributed by atoms with E-state index in [1.165, 1.54) is 32.8 Å². The van der Waals surface area contributed by atoms with Gasteiger partial charge in [-0.15, -0.1) is 0 Å². The van der Waals surface area contributed by atoms with E-state index in [9.17, 15) is 0 Å². The molecule has 0 fully saturated rings. The number of ether oxygens (including phenoxy) is 12. The molecule has 147 heavy (non-hydrogen) atoms. The topological polar surface area (TPSA) is 111 Å². The first-order valence-electron chi connectivity index (χ1n) is 47.8. The number of halogens is 4. The minimum atomic E-state index is -2.50. The van der Waals surface area contributed by atoms with Gasteiger partial charge < -0.3 is 56.8 Å². The zero-order valence-electron chi connectivity index (χ0n) is 78.2. The first-order valence-corrected chi connectivity index (χ1v) is 57.7. The number of hydrogen-bond acceptors (Lipinski definition) is 15. The summed E-state index contributed by atoms with van der Waals surface area (Å²) < 4.78 is 75.6. The van der Waals surface area contributed by atoms with Crippen LogP contribution in [0.3, 0.4) is 0 Å². The van der Waals surface area contributed by atoms with Crippen LogP contribution in [0, 0.1) is 20.8 Å². The highest BCUT2D eigenvalue weighted by molar-refractivity contribution is 8.27. The van der Waals surface area contributed by atoms with Crippen molar-refractivity contribution in [1.29, 1.82) is 0 Å². The zero-order valence-corrected chi connectivity index (χ0v) is 86.4. The molecule has 0 N–H and O–H groups in total. The van der Waals surface area contributed by atoms with E-state index in [1.54, 1.807) is 0 Å². The standard InChI is InChI=1S/C36H21O2PS.C27H21BO3.C24H15BO3.2C18H9Cl2O2PS/c40-39-32-18-16-23-9-2-5-13-28(23)34(32)37-30-20-25(27-15-7-11-22-8-1-4-12-26(22)27)21-31(36(30)39)38-35-29-14-6-3-10-24(29)17-19-33(35)39;1-16-5-4-6-19(11-16)29-20-14-25-27-26(15-20)31-24-13-18(3)8-10-22(24)28(27)21-9-7-17(2)12-23(21)30-25;1-2-8-16(9-3-1)26-17-14-22-24-23(15-17)28-21-13-7-5-11-19(21)25(24)18-10-4-6-12-20(18)27-22;19-10-4-6-12-16(8-10)23(24)17-9-11(20)5-7-13(17)22-15-3-1-2-14(21-12)18(15)23;19-10-4-6-16-14(8-10)21-12-2-1-3-13-18(12)23(16,24)17-7-5-11(20)9-15(17)22-13/h1-21H;4-15H,1-3H3;1-15H;2*1-9H. The van der Waals surface area contributed by atoms with Crippen LogP contribution in [0.15, 0.2) is 400 Å². The van der Waals surface area contributed by atoms with E-state index in [0.29, 0.717) is 31.6 Å². The molecule has 0 saturated heterocycles. The van der Waals surface area contributed by atoms with Crippen LogP contribution in [0.2, 0.25) is 20.1 Å². The Kier molecular flexibility index (Phi) is 22.2. The largest absolute Gasteiger partial charge is 0.458 e. The van der Waals surface area contributed by atoms with E-state index in [1.807, 2.05) is 206 Å². The number of para-hydroxylation sites is 3. The number of benzene rings is 21. The molecule has 0 radical (unpaired) electrons. The molecule has 10 aliphatic rings. The summed E-state index contributed by atoms with van der Waals surface area (Å²) in [5, 5.41) is 18.3. The Morgan fingerprint density at radius 3 is 1.06 bits per heavy atom. The Morgan fingerprint density at radius 1 is 0.218 bits per heavy atom. The zero-order chi connectivity index (χ0) is 99.0. The minimum Gasteiger partial charge on any atom is -0.458 e. The molecule has 24 heteroatoms. The molecule has 0 spiro atoms. The van der Waals surface area contributed by atoms with Gasteiger partial charge in [-0.05, 0) is 250 Å². The van der Waals surface area contributed by atoms with E-state index < -0.39 is 18.1 Å². The molecule has 0 aromatic heterocycles. The Morgan fingerprint density at radius 2 is 0.565 bits per heavy atom. The fourth-order valence-corrected chi connectivity index (χ4v) is 35.8. The molecular formula is C123H75B2Cl4O12P3S3. The first-order chi connectivity index (χ1) is 71.7. The van der Waals surface area contributed by atoms with Gasteiger partial charge in [0.15, 0.2) is 0 Å². The molecule has 21 aromatic rings. The van der Waals surface area contributed by atoms with Gasteiger partial charge in [0.2, 0.25) is 0 Å². The van der Waals surface area contributed by atoms with Gasteiger partial charge in [0.25, 0.3) is 13.4 Å². The first kappa shape index (κ1) is 91.0. The van der Waals surface area contributed by atoms with Crippen molar-refractivity contribution in [1.82, 2.24) is 0 Å². The van der Waals surface area contributed by atoms with Gasteiger partial charge in [0, 0.05) is 110 Å². The summed E-state index contributed by atoms with van der Waals surface area (Å²) in [6.07, 6.45) is 0. The predicted octanol–water partition coefficient (Wildman–Crippen LogP) is 28.0. The number of hydrogen-bond donors (Lipinski definition) is 0. The molecule has 0 bridgehead atoms. The predicted molar refractivity (Wildman–Crippen MR) is 611 cm³/mol. The Labute approximate surface area is 882 Å². The van der Waals surface area contributed by atoms with E-state index in [2.05, 4.69) is 215 Å². The quantitative estimate of drug-likeness (QED) is 0.120. The maximum absolute atomic E-state index is 6.87. The molecule has 0 aliphatic carbocycles. The van der Waals surface area contributed by atoms with Gasteiger partial charge in [0.05, 0.1) is 34.0 Å². The Bertz CT molecular complexity index is 9020. The van der Waals surface area contributed by atoms with Crippen LogP contribution in [-0.4, -0.2) is 13.4 Å². The average Bonchev–Trinajstić information content (AvgIpc) is 0.699. The number of rotatable bonds is 5. The maximum Gasteiger partial charge on any atom is 0.260 e. The molecule has 10 heterocycles. The molecule has 0 amide bonds. The van der Waals surface area contributed by atoms with E-state index in [0.717, 1.165) is 234 Å². The lowest BCUT2D eigenvalue weighted by Crippen LogP contribution is -2.57. The highest BCUT2D eigenvalue weighted by Crippen LogP contribution is 2.64. The van der Waals surface area contributed by atoms with Crippen LogP contribution in [0.1, 0.15) is 16.7 Å². The van der Waals surface area contributed by atoms with Gasteiger partial charge in [-0.25, -0.2) is 0 Å². The monoisotopic (exact) mass is 2090 g/mol. The summed E-state index contributed by atoms with van der Waals surface area (Å²) in [5.74, 6) is 18.9. The minimum absolute atomic E-state index is 0.0757. The Balaban J connectivity index is 0.0000000922. The van der Waals surface area contributed by atoms with Crippen molar-refractivity contribution in [3.63, 3.8) is 0 Å². The van der Waals surface area contributed by atoms with Crippen LogP contribution in [-0.2, 0) is 35.4 Å². The van der Waals surface area contributed by atoms with Gasteiger partial charge in [-0.2, -0.15) is 0 Å². The number of fused-ring (bicyclic) bond motifs is 25. The second-order valence-electron chi connectivity index (χ2n) is 37.1. The molecule has 0 atom stereocenters. The van der Waals surface area contributed by atoms with Crippen molar-refractivity contribution >= 4 is 226 Å². The van der Waals surface area contributed by atoms with Gasteiger partial charge >= 0.3 is 0 Å². The molecular weight excluding hydrogens is 2020 g/mol. The SMILES string of the molecule is Cc1cccc(Oc2cc3c4c(c2)Oc2cc(C)ccc2B4c2ccc(C)cc2O3)c1.S=P12c3cc(Cl)ccc3Oc3cccc(c31)Oc1ccc(Cl)cc12.S=P12c3ccc(Cl)cc3Oc3cccc(c31)Oc1cc(Cl)ccc12.S=P12c3ccc4ccccc4c3Oc3cc(-c4cccc5ccccc45)cc(c31)Oc1c2ccc2ccccc12.c1ccc(Oc2cc3c4c(c2)Oc2ccccc2B4c2ccccc2O3)cc1. The van der Waals surface area contributed by atoms with Gasteiger partial charge in [-0.1, -0.05) is 288 Å². The van der Waals surface area contributed by atoms with Crippen LogP contribution in [0.4, 0.5) is 0 Å². The van der Waals surface area contributed by atoms with Crippen molar-refractivity contribution in [2.24, 2.45) is 0 Å². The molecule has 0 unspecified atom stereocenters. The average molecular weight is 2100 g/mol. The van der Waals surface area contributed by atoms with E-state index in [4.69, 9.17) is 139 Å². The number of aryl methyl sites for hydroxylation is 3. The lowest BCUT2D eigenvalue weighted by atomic mass is 9.35. The van der Waals surface area contributed by atoms with E-state index >= 15 is 0 Å². The summed E-state index contributed by atoms with van der Waals surface area (Å²) in [4.78, 5) is 0. The Hall–Kier alpha value is -14.8. The van der Waals surface area contributed by atoms with Gasteiger partial charge in [0.1, 0.15) is 138 Å². The van der Waals surface area contributed by atoms with Crippen molar-refractivity contribution in [2.75, 3.05) is 0 Å². The second kappa shape index (κ2) is 35.8. The fourth-order valence-electron chi connectivity index (χ4n) is 21.5. The third-order valence-electron chi connectivity index (χ3n) is 28.0. The van der Waals surface area contributed by atoms with Crippen LogP contribution in [0.5, 0.6) is 138 Å². The lowest BCUT2D eigenvalue weighted by molar-refractivity contribution is 0.442. The van der Waals surface area contributed by atoms with Crippen LogP contribution >= 0.6 is 64.5 Å². The molecule has 12 nitrogen and oxygen atoms in total. The summed E-state index contributed by atoms with van der Waals surface area (Å²) in [7, 11) is 0. The van der Waals surface area contributed by atoms with Gasteiger partial charge in [-0.3, -0.25) is 0 Å². The van der Waals surface area contributed by atoms with Crippen molar-refractivity contribution in [3.05, 3.63) is 437 Å². The highest BCUT2D eigenvalue weighted by Gasteiger charge is 2.49. The van der Waals surface area contributed by atoms with Crippen LogP contribution < -0.4 is 137 Å². The molecule has 21 aromatic carbocycles. The van der Waals surface area contributed by atoms with Crippen molar-refractivity contribution in [2.45, 2.75) is 20.8 Å². The fraction of sp³-hybridized carbons (Fsp3) is 0.0244. The lowest BCUT2D eigenvalue weighted by Gasteiger charge is -2.38. The summed E-state index contributed by atoms with van der Waals surface area (Å²) >= 11 is 44.3. The third kappa shape index (κ3) is 15.3. The van der Waals surface area contributed by atoms with Crippen LogP contribution in [0.25, 0.3) is 43.4 Å². The highest BCUT2D eigenvalue weighted by atomic mass is 35.5. The molecule has 31 rings (SSSR count). The van der Waals surface area contributed by atoms with E-state index in [-0.39, 0.29) is 13.4 Å². The summed E-state index contributed by atoms with van der Waals surface area (Å²) in [6, 6.07) is 127. The molecule has 706 valence electrons.